The van der Waals surface area contributed by atoms with Gasteiger partial charge in [-0.1, -0.05) is 29.3 Å². The summed E-state index contributed by atoms with van der Waals surface area (Å²) in [5, 5.41) is 1.01. The Morgan fingerprint density at radius 2 is 1.92 bits per heavy atom. The number of nitrogens with two attached hydrogens (primary N) is 1. The second-order valence-corrected chi connectivity index (χ2v) is 9.62. The molecule has 2 atom stereocenters. The number of rotatable bonds is 7. The Balaban J connectivity index is 1.22. The summed E-state index contributed by atoms with van der Waals surface area (Å²) in [5.41, 5.74) is 7.14. The van der Waals surface area contributed by atoms with E-state index in [0.717, 1.165) is 24.5 Å². The molecule has 0 aliphatic carbocycles. The molecule has 2 fully saturated rings. The number of aromatic nitrogens is 2. The second-order valence-electron chi connectivity index (χ2n) is 8.78. The first-order valence-electron chi connectivity index (χ1n) is 11.7. The zero-order valence-electron chi connectivity index (χ0n) is 19.6. The van der Waals surface area contributed by atoms with E-state index in [1.54, 1.807) is 29.6 Å². The number of carbonyl (C=O) groups is 1. The highest BCUT2D eigenvalue weighted by Gasteiger charge is 2.45. The van der Waals surface area contributed by atoms with Crippen LogP contribution in [-0.4, -0.2) is 66.0 Å². The van der Waals surface area contributed by atoms with Crippen LogP contribution in [0.2, 0.25) is 10.0 Å². The summed E-state index contributed by atoms with van der Waals surface area (Å²) in [6.07, 6.45) is 4.95. The minimum atomic E-state index is -1.09. The van der Waals surface area contributed by atoms with Crippen molar-refractivity contribution in [2.24, 2.45) is 5.73 Å². The highest BCUT2D eigenvalue weighted by atomic mass is 35.5. The maximum absolute atomic E-state index is 11.3. The van der Waals surface area contributed by atoms with E-state index in [2.05, 4.69) is 9.88 Å². The van der Waals surface area contributed by atoms with Crippen molar-refractivity contribution < 1.29 is 19.0 Å². The summed E-state index contributed by atoms with van der Waals surface area (Å²) in [7, 11) is 0. The van der Waals surface area contributed by atoms with Crippen molar-refractivity contribution in [3.8, 4) is 5.75 Å². The molecule has 190 valence electrons. The van der Waals surface area contributed by atoms with E-state index < -0.39 is 5.79 Å². The second kappa shape index (κ2) is 10.6. The molecule has 2 saturated heterocycles. The van der Waals surface area contributed by atoms with Crippen LogP contribution in [0.25, 0.3) is 0 Å². The lowest BCUT2D eigenvalue weighted by molar-refractivity contribution is -0.189. The van der Waals surface area contributed by atoms with Crippen molar-refractivity contribution in [3.05, 3.63) is 76.8 Å². The summed E-state index contributed by atoms with van der Waals surface area (Å²) < 4.78 is 20.6. The zero-order valence-corrected chi connectivity index (χ0v) is 21.1. The van der Waals surface area contributed by atoms with Crippen LogP contribution >= 0.6 is 23.2 Å². The molecule has 36 heavy (non-hydrogen) atoms. The fraction of sp³-hybridized carbons (Fsp3) is 0.360. The van der Waals surface area contributed by atoms with Crippen LogP contribution in [0.4, 0.5) is 10.5 Å². The fourth-order valence-corrected chi connectivity index (χ4v) is 5.06. The van der Waals surface area contributed by atoms with Crippen molar-refractivity contribution in [1.82, 2.24) is 14.5 Å². The first-order valence-corrected chi connectivity index (χ1v) is 12.4. The number of nitrogens with zero attached hydrogens (tertiary/aromatic N) is 4. The third-order valence-electron chi connectivity index (χ3n) is 6.38. The Morgan fingerprint density at radius 1 is 1.14 bits per heavy atom. The standard InChI is InChI=1S/C25H27Cl2N5O4/c26-18-1-6-22(23(27)13-18)25(16-30-8-7-29-17-30)35-15-21(36-25)14-34-20-4-2-19(3-5-20)31-9-11-32(12-10-31)24(28)33/h1-8,13,17,21H,9-12,14-16H2,(H2,28,33)/t21-,25-/m1/s1. The number of hydrogen-bond donors (Lipinski definition) is 1. The lowest BCUT2D eigenvalue weighted by Gasteiger charge is -2.35. The Bertz CT molecular complexity index is 1190. The molecule has 3 aromatic rings. The average Bonchev–Trinajstić information content (AvgIpc) is 3.54. The highest BCUT2D eigenvalue weighted by Crippen LogP contribution is 2.40. The van der Waals surface area contributed by atoms with E-state index in [1.165, 1.54) is 0 Å². The minimum Gasteiger partial charge on any atom is -0.491 e. The van der Waals surface area contributed by atoms with Crippen LogP contribution in [0, 0.1) is 0 Å². The molecular weight excluding hydrogens is 505 g/mol. The van der Waals surface area contributed by atoms with Crippen LogP contribution in [0.5, 0.6) is 5.75 Å². The van der Waals surface area contributed by atoms with Crippen molar-refractivity contribution in [3.63, 3.8) is 0 Å². The molecule has 2 N–H and O–H groups in total. The van der Waals surface area contributed by atoms with Crippen LogP contribution < -0.4 is 15.4 Å². The molecule has 2 aliphatic rings. The summed E-state index contributed by atoms with van der Waals surface area (Å²) in [6, 6.07) is 12.8. The number of primary amides is 1. The van der Waals surface area contributed by atoms with E-state index in [0.29, 0.717) is 48.5 Å². The van der Waals surface area contributed by atoms with Gasteiger partial charge in [0, 0.05) is 54.8 Å². The molecule has 0 saturated carbocycles. The zero-order chi connectivity index (χ0) is 25.1. The molecule has 2 amide bonds. The number of piperazine rings is 1. The largest absolute Gasteiger partial charge is 0.491 e. The molecule has 5 rings (SSSR count). The average molecular weight is 532 g/mol. The molecule has 2 aliphatic heterocycles. The Morgan fingerprint density at radius 3 is 2.58 bits per heavy atom. The van der Waals surface area contributed by atoms with Crippen molar-refractivity contribution in [1.29, 1.82) is 0 Å². The van der Waals surface area contributed by atoms with E-state index in [4.69, 9.17) is 43.1 Å². The van der Waals surface area contributed by atoms with Gasteiger partial charge in [-0.3, -0.25) is 0 Å². The van der Waals surface area contributed by atoms with Gasteiger partial charge in [-0.05, 0) is 36.4 Å². The number of anilines is 1. The van der Waals surface area contributed by atoms with Crippen molar-refractivity contribution >= 4 is 34.9 Å². The molecule has 1 aromatic heterocycles. The normalized spacial score (nSPS) is 22.1. The lowest BCUT2D eigenvalue weighted by Crippen LogP contribution is -2.50. The Hall–Kier alpha value is -2.98. The molecule has 0 spiro atoms. The molecule has 2 aromatic carbocycles. The van der Waals surface area contributed by atoms with Gasteiger partial charge in [0.1, 0.15) is 18.5 Å². The van der Waals surface area contributed by atoms with Gasteiger partial charge >= 0.3 is 6.03 Å². The van der Waals surface area contributed by atoms with Crippen LogP contribution in [0.3, 0.4) is 0 Å². The van der Waals surface area contributed by atoms with Gasteiger partial charge in [0.05, 0.1) is 24.5 Å². The molecule has 3 heterocycles. The van der Waals surface area contributed by atoms with E-state index in [9.17, 15) is 4.79 Å². The Labute approximate surface area is 219 Å². The predicted octanol–water partition coefficient (Wildman–Crippen LogP) is 3.74. The predicted molar refractivity (Wildman–Crippen MR) is 136 cm³/mol. The molecule has 0 unspecified atom stereocenters. The molecule has 0 radical (unpaired) electrons. The number of hydrogen-bond acceptors (Lipinski definition) is 6. The van der Waals surface area contributed by atoms with Crippen LogP contribution in [0.1, 0.15) is 5.56 Å². The van der Waals surface area contributed by atoms with E-state index in [1.807, 2.05) is 41.1 Å². The number of urea groups is 1. The lowest BCUT2D eigenvalue weighted by atomic mass is 10.1. The third-order valence-corrected chi connectivity index (χ3v) is 6.93. The summed E-state index contributed by atoms with van der Waals surface area (Å²) in [6.45, 7) is 3.74. The smallest absolute Gasteiger partial charge is 0.314 e. The van der Waals surface area contributed by atoms with E-state index >= 15 is 0 Å². The van der Waals surface area contributed by atoms with Gasteiger partial charge in [0.2, 0.25) is 5.79 Å². The third kappa shape index (κ3) is 5.39. The quantitative estimate of drug-likeness (QED) is 0.499. The van der Waals surface area contributed by atoms with Gasteiger partial charge in [-0.25, -0.2) is 9.78 Å². The topological polar surface area (TPSA) is 95.1 Å². The maximum atomic E-state index is 11.3. The molecular formula is C25H27Cl2N5O4. The number of benzene rings is 2. The maximum Gasteiger partial charge on any atom is 0.314 e. The molecule has 11 heteroatoms. The Kier molecular flexibility index (Phi) is 7.25. The SMILES string of the molecule is NC(=O)N1CCN(c2ccc(OC[C@@H]3CO[C@@](Cn4ccnc4)(c4ccc(Cl)cc4Cl)O3)cc2)CC1. The van der Waals surface area contributed by atoms with Crippen molar-refractivity contribution in [2.75, 3.05) is 44.3 Å². The number of carbonyl (C=O) groups excluding carboxylic acids is 1. The first kappa shape index (κ1) is 24.7. The monoisotopic (exact) mass is 531 g/mol. The summed E-state index contributed by atoms with van der Waals surface area (Å²) >= 11 is 12.6. The number of amides is 2. The number of halogens is 2. The van der Waals surface area contributed by atoms with E-state index in [-0.39, 0.29) is 12.1 Å². The minimum absolute atomic E-state index is 0.304. The van der Waals surface area contributed by atoms with Crippen molar-refractivity contribution in [2.45, 2.75) is 18.4 Å². The van der Waals surface area contributed by atoms with Crippen LogP contribution in [-0.2, 0) is 21.8 Å². The number of ether oxygens (including phenoxy) is 3. The van der Waals surface area contributed by atoms with Gasteiger partial charge in [0.15, 0.2) is 0 Å². The summed E-state index contributed by atoms with van der Waals surface area (Å²) in [4.78, 5) is 19.3. The van der Waals surface area contributed by atoms with Gasteiger partial charge in [-0.15, -0.1) is 0 Å². The van der Waals surface area contributed by atoms with Gasteiger partial charge < -0.3 is 34.3 Å². The highest BCUT2D eigenvalue weighted by molar-refractivity contribution is 6.35. The molecule has 0 bridgehead atoms. The van der Waals surface area contributed by atoms with Gasteiger partial charge in [0.25, 0.3) is 0 Å². The molecule has 9 nitrogen and oxygen atoms in total. The first-order chi connectivity index (χ1) is 17.4. The van der Waals surface area contributed by atoms with Gasteiger partial charge in [-0.2, -0.15) is 0 Å². The fourth-order valence-electron chi connectivity index (χ4n) is 4.50. The van der Waals surface area contributed by atoms with Crippen LogP contribution in [0.15, 0.2) is 61.2 Å². The number of imidazole rings is 1. The summed E-state index contributed by atoms with van der Waals surface area (Å²) in [5.74, 6) is -0.359.